The molecule has 1 saturated carbocycles. The molecule has 1 aliphatic heterocycles. The van der Waals surface area contributed by atoms with Crippen molar-refractivity contribution in [3.05, 3.63) is 59.6 Å². The van der Waals surface area contributed by atoms with Gasteiger partial charge < -0.3 is 9.64 Å². The smallest absolute Gasteiger partial charge is 0.264 e. The van der Waals surface area contributed by atoms with E-state index in [2.05, 4.69) is 11.8 Å². The molecule has 5 heteroatoms. The molecule has 0 N–H and O–H groups in total. The van der Waals surface area contributed by atoms with Gasteiger partial charge in [-0.1, -0.05) is 68.0 Å². The molecular weight excluding hydrogens is 438 g/mol. The molecule has 3 nitrogen and oxygen atoms in total. The van der Waals surface area contributed by atoms with Crippen LogP contribution in [0.5, 0.6) is 5.75 Å². The Morgan fingerprint density at radius 1 is 1.00 bits per heavy atom. The number of hydrogen-bond donors (Lipinski definition) is 0. The largest absolute Gasteiger partial charge is 0.484 e. The van der Waals surface area contributed by atoms with Gasteiger partial charge in [0.15, 0.2) is 6.61 Å². The number of anilines is 1. The van der Waals surface area contributed by atoms with E-state index in [0.717, 1.165) is 12.2 Å². The van der Waals surface area contributed by atoms with Gasteiger partial charge in [0.25, 0.3) is 5.91 Å². The molecule has 2 aromatic rings. The Morgan fingerprint density at radius 3 is 2.44 bits per heavy atom. The lowest BCUT2D eigenvalue weighted by molar-refractivity contribution is -0.120. The van der Waals surface area contributed by atoms with Gasteiger partial charge in [-0.2, -0.15) is 11.8 Å². The highest BCUT2D eigenvalue weighted by molar-refractivity contribution is 8.01. The highest BCUT2D eigenvalue weighted by atomic mass is 35.5. The van der Waals surface area contributed by atoms with E-state index in [9.17, 15) is 4.79 Å². The number of halogens is 1. The quantitative estimate of drug-likeness (QED) is 0.422. The summed E-state index contributed by atoms with van der Waals surface area (Å²) < 4.78 is 6.00. The second kappa shape index (κ2) is 11.5. The number of benzene rings is 2. The Hall–Kier alpha value is -1.65. The van der Waals surface area contributed by atoms with Crippen molar-refractivity contribution in [2.45, 2.75) is 62.5 Å². The summed E-state index contributed by atoms with van der Waals surface area (Å²) in [4.78, 5) is 15.5. The van der Waals surface area contributed by atoms with Crippen LogP contribution >= 0.6 is 23.4 Å². The van der Waals surface area contributed by atoms with Crippen LogP contribution < -0.4 is 9.64 Å². The van der Waals surface area contributed by atoms with E-state index in [0.29, 0.717) is 16.7 Å². The van der Waals surface area contributed by atoms with Gasteiger partial charge in [0, 0.05) is 22.0 Å². The summed E-state index contributed by atoms with van der Waals surface area (Å²) in [5, 5.41) is 0.612. The molecular formula is C27H34ClNO2S. The van der Waals surface area contributed by atoms with Crippen molar-refractivity contribution in [3.8, 4) is 5.75 Å². The van der Waals surface area contributed by atoms with Crippen LogP contribution in [-0.2, 0) is 4.79 Å². The van der Waals surface area contributed by atoms with Crippen molar-refractivity contribution in [1.29, 1.82) is 0 Å². The third-order valence-electron chi connectivity index (χ3n) is 6.94. The summed E-state index contributed by atoms with van der Waals surface area (Å²) in [5.74, 6) is 2.52. The molecule has 1 unspecified atom stereocenters. The Labute approximate surface area is 201 Å². The minimum atomic E-state index is 0.00824. The van der Waals surface area contributed by atoms with Crippen LogP contribution in [0.1, 0.15) is 57.8 Å². The van der Waals surface area contributed by atoms with Crippen molar-refractivity contribution in [1.82, 2.24) is 0 Å². The zero-order chi connectivity index (χ0) is 22.2. The second-order valence-corrected chi connectivity index (χ2v) is 11.1. The van der Waals surface area contributed by atoms with Crippen molar-refractivity contribution < 1.29 is 9.53 Å². The number of hydrogen-bond acceptors (Lipinski definition) is 3. The van der Waals surface area contributed by atoms with Crippen LogP contribution in [0.3, 0.4) is 0 Å². The molecule has 2 aromatic carbocycles. The van der Waals surface area contributed by atoms with E-state index < -0.39 is 0 Å². The molecule has 32 heavy (non-hydrogen) atoms. The van der Waals surface area contributed by atoms with Gasteiger partial charge in [-0.25, -0.2) is 0 Å². The number of rotatable bonds is 7. The summed E-state index contributed by atoms with van der Waals surface area (Å²) in [6.45, 7) is 0.782. The average Bonchev–Trinajstić information content (AvgIpc) is 3.26. The van der Waals surface area contributed by atoms with Crippen LogP contribution in [0.2, 0.25) is 5.02 Å². The number of nitrogens with zero attached hydrogens (tertiary/aromatic N) is 1. The lowest BCUT2D eigenvalue weighted by Crippen LogP contribution is -2.48. The normalized spacial score (nSPS) is 22.2. The van der Waals surface area contributed by atoms with Crippen LogP contribution in [0.15, 0.2) is 54.6 Å². The van der Waals surface area contributed by atoms with Gasteiger partial charge in [0.2, 0.25) is 0 Å². The van der Waals surface area contributed by atoms with Gasteiger partial charge in [-0.05, 0) is 67.7 Å². The van der Waals surface area contributed by atoms with Crippen LogP contribution in [-0.4, -0.2) is 29.6 Å². The SMILES string of the molecule is O=C(COc1cccc(Cl)c1)N(CC1(C2CCCCCCC2)CCCS1)c1ccccc1. The molecule has 172 valence electrons. The highest BCUT2D eigenvalue weighted by Gasteiger charge is 2.44. The Balaban J connectivity index is 1.54. The number of carbonyl (C=O) groups excluding carboxylic acids is 1. The number of thioether (sulfide) groups is 1. The summed E-state index contributed by atoms with van der Waals surface area (Å²) in [6.07, 6.45) is 11.8. The van der Waals surface area contributed by atoms with Crippen molar-refractivity contribution in [3.63, 3.8) is 0 Å². The lowest BCUT2D eigenvalue weighted by Gasteiger charge is -2.41. The van der Waals surface area contributed by atoms with Crippen molar-refractivity contribution >= 4 is 35.0 Å². The maximum Gasteiger partial charge on any atom is 0.264 e. The minimum Gasteiger partial charge on any atom is -0.484 e. The van der Waals surface area contributed by atoms with E-state index in [-0.39, 0.29) is 17.3 Å². The molecule has 1 heterocycles. The van der Waals surface area contributed by atoms with Crippen LogP contribution in [0.4, 0.5) is 5.69 Å². The first-order valence-electron chi connectivity index (χ1n) is 12.0. The van der Waals surface area contributed by atoms with Gasteiger partial charge in [-0.3, -0.25) is 4.79 Å². The average molecular weight is 472 g/mol. The summed E-state index contributed by atoms with van der Waals surface area (Å²) in [6, 6.07) is 17.4. The van der Waals surface area contributed by atoms with Gasteiger partial charge in [-0.15, -0.1) is 0 Å². The predicted molar refractivity (Wildman–Crippen MR) is 136 cm³/mol. The summed E-state index contributed by atoms with van der Waals surface area (Å²) in [5.41, 5.74) is 0.963. The first-order chi connectivity index (χ1) is 15.7. The molecule has 1 aliphatic carbocycles. The second-order valence-electron chi connectivity index (χ2n) is 9.12. The Bertz CT molecular complexity index is 861. The van der Waals surface area contributed by atoms with Gasteiger partial charge in [0.05, 0.1) is 0 Å². The Morgan fingerprint density at radius 2 is 1.75 bits per heavy atom. The monoisotopic (exact) mass is 471 g/mol. The third-order valence-corrected chi connectivity index (χ3v) is 8.91. The van der Waals surface area contributed by atoms with E-state index >= 15 is 0 Å². The molecule has 4 rings (SSSR count). The molecule has 1 amide bonds. The topological polar surface area (TPSA) is 29.5 Å². The van der Waals surface area contributed by atoms with Gasteiger partial charge >= 0.3 is 0 Å². The zero-order valence-corrected chi connectivity index (χ0v) is 20.4. The van der Waals surface area contributed by atoms with E-state index in [1.165, 1.54) is 63.5 Å². The van der Waals surface area contributed by atoms with Crippen molar-refractivity contribution in [2.75, 3.05) is 23.8 Å². The standard InChI is InChI=1S/C27H34ClNO2S/c28-23-13-9-16-25(19-23)31-20-26(30)29(24-14-7-4-8-15-24)21-27(17-10-18-32-27)22-11-5-2-1-3-6-12-22/h4,7-9,13-16,19,22H,1-3,5-6,10-12,17-18,20-21H2. The maximum atomic E-state index is 13.5. The zero-order valence-electron chi connectivity index (χ0n) is 18.8. The fourth-order valence-corrected chi connectivity index (χ4v) is 7.11. The lowest BCUT2D eigenvalue weighted by atomic mass is 9.78. The molecule has 0 bridgehead atoms. The van der Waals surface area contributed by atoms with Crippen molar-refractivity contribution in [2.24, 2.45) is 5.92 Å². The minimum absolute atomic E-state index is 0.00824. The van der Waals surface area contributed by atoms with Crippen LogP contribution in [0, 0.1) is 5.92 Å². The molecule has 2 fully saturated rings. The molecule has 2 aliphatic rings. The number of carbonyl (C=O) groups is 1. The maximum absolute atomic E-state index is 13.5. The fourth-order valence-electron chi connectivity index (χ4n) is 5.26. The first kappa shape index (κ1) is 23.5. The highest BCUT2D eigenvalue weighted by Crippen LogP contribution is 2.49. The fraction of sp³-hybridized carbons (Fsp3) is 0.519. The summed E-state index contributed by atoms with van der Waals surface area (Å²) in [7, 11) is 0. The van der Waals surface area contributed by atoms with Gasteiger partial charge in [0.1, 0.15) is 5.75 Å². The molecule has 1 saturated heterocycles. The first-order valence-corrected chi connectivity index (χ1v) is 13.4. The van der Waals surface area contributed by atoms with E-state index in [1.54, 1.807) is 6.07 Å². The van der Waals surface area contributed by atoms with E-state index in [4.69, 9.17) is 16.3 Å². The number of amides is 1. The molecule has 0 spiro atoms. The Kier molecular flexibility index (Phi) is 8.43. The summed E-state index contributed by atoms with van der Waals surface area (Å²) >= 11 is 8.20. The van der Waals surface area contributed by atoms with Crippen LogP contribution in [0.25, 0.3) is 0 Å². The third kappa shape index (κ3) is 6.02. The predicted octanol–water partition coefficient (Wildman–Crippen LogP) is 7.38. The molecule has 1 atom stereocenters. The van der Waals surface area contributed by atoms with E-state index in [1.807, 2.05) is 53.4 Å². The molecule has 0 radical (unpaired) electrons. The number of ether oxygens (including phenoxy) is 1. The number of para-hydroxylation sites is 1. The molecule has 0 aromatic heterocycles.